The molecule has 0 aliphatic carbocycles. The predicted octanol–water partition coefficient (Wildman–Crippen LogP) is 2.19. The van der Waals surface area contributed by atoms with E-state index in [4.69, 9.17) is 9.57 Å². The standard InChI is InChI=1S/C19H24FN3O3/c1-3-6-23(14(2)24)13-16-12-18(21-26-16)15-4-5-19(17(20)11-15)22-7-9-25-10-8-22/h3-5,11,16H,1,6-10,12-13H2,2H3/t16-/m0/s1. The van der Waals surface area contributed by atoms with Gasteiger partial charge in [0.05, 0.1) is 31.2 Å². The maximum absolute atomic E-state index is 14.6. The van der Waals surface area contributed by atoms with Crippen molar-refractivity contribution in [1.29, 1.82) is 0 Å². The molecule has 0 aromatic heterocycles. The zero-order chi connectivity index (χ0) is 18.5. The van der Waals surface area contributed by atoms with Crippen molar-refractivity contribution in [2.45, 2.75) is 19.4 Å². The van der Waals surface area contributed by atoms with Gasteiger partial charge in [0.1, 0.15) is 5.82 Å². The fraction of sp³-hybridized carbons (Fsp3) is 0.474. The van der Waals surface area contributed by atoms with Crippen LogP contribution in [0.1, 0.15) is 18.9 Å². The Kier molecular flexibility index (Phi) is 5.88. The number of oxime groups is 1. The van der Waals surface area contributed by atoms with Gasteiger partial charge in [-0.1, -0.05) is 17.3 Å². The number of benzene rings is 1. The summed E-state index contributed by atoms with van der Waals surface area (Å²) in [5.74, 6) is -0.310. The van der Waals surface area contributed by atoms with Gasteiger partial charge >= 0.3 is 0 Å². The molecule has 0 bridgehead atoms. The number of hydrogen-bond donors (Lipinski definition) is 0. The van der Waals surface area contributed by atoms with Crippen LogP contribution in [0.3, 0.4) is 0 Å². The molecule has 2 aliphatic heterocycles. The molecule has 1 atom stereocenters. The van der Waals surface area contributed by atoms with Crippen molar-refractivity contribution in [2.24, 2.45) is 5.16 Å². The van der Waals surface area contributed by atoms with E-state index in [0.29, 0.717) is 62.8 Å². The fourth-order valence-corrected chi connectivity index (χ4v) is 3.18. The maximum Gasteiger partial charge on any atom is 0.219 e. The third-order valence-corrected chi connectivity index (χ3v) is 4.58. The number of rotatable bonds is 6. The molecule has 3 rings (SSSR count). The van der Waals surface area contributed by atoms with Crippen LogP contribution in [0.5, 0.6) is 0 Å². The zero-order valence-corrected chi connectivity index (χ0v) is 15.0. The Bertz CT molecular complexity index is 701. The second kappa shape index (κ2) is 8.31. The lowest BCUT2D eigenvalue weighted by Gasteiger charge is -2.29. The molecule has 0 radical (unpaired) electrons. The molecule has 1 saturated heterocycles. The molecule has 26 heavy (non-hydrogen) atoms. The van der Waals surface area contributed by atoms with Crippen molar-refractivity contribution in [3.05, 3.63) is 42.2 Å². The largest absolute Gasteiger partial charge is 0.390 e. The van der Waals surface area contributed by atoms with Gasteiger partial charge in [-0.15, -0.1) is 6.58 Å². The van der Waals surface area contributed by atoms with Crippen molar-refractivity contribution in [1.82, 2.24) is 4.90 Å². The summed E-state index contributed by atoms with van der Waals surface area (Å²) in [4.78, 5) is 20.7. The lowest BCUT2D eigenvalue weighted by molar-refractivity contribution is -0.130. The molecule has 0 spiro atoms. The first-order valence-electron chi connectivity index (χ1n) is 8.80. The second-order valence-corrected chi connectivity index (χ2v) is 6.45. The number of amides is 1. The quantitative estimate of drug-likeness (QED) is 0.729. The molecule has 0 unspecified atom stereocenters. The van der Waals surface area contributed by atoms with Gasteiger partial charge in [-0.3, -0.25) is 4.79 Å². The minimum absolute atomic E-state index is 0.0390. The lowest BCUT2D eigenvalue weighted by atomic mass is 10.0. The highest BCUT2D eigenvalue weighted by molar-refractivity contribution is 6.01. The summed E-state index contributed by atoms with van der Waals surface area (Å²) in [6.07, 6.45) is 1.99. The minimum atomic E-state index is -0.271. The normalized spacial score (nSPS) is 19.7. The Hall–Kier alpha value is -2.41. The smallest absolute Gasteiger partial charge is 0.219 e. The van der Waals surface area contributed by atoms with Gasteiger partial charge < -0.3 is 19.4 Å². The summed E-state index contributed by atoms with van der Waals surface area (Å²) in [6.45, 7) is 8.67. The number of hydrogen-bond acceptors (Lipinski definition) is 5. The predicted molar refractivity (Wildman–Crippen MR) is 97.9 cm³/mol. The Balaban J connectivity index is 1.64. The molecule has 7 heteroatoms. The third kappa shape index (κ3) is 4.22. The van der Waals surface area contributed by atoms with Crippen LogP contribution in [0, 0.1) is 5.82 Å². The van der Waals surface area contributed by atoms with Crippen LogP contribution in [-0.4, -0.2) is 62.0 Å². The van der Waals surface area contributed by atoms with Crippen LogP contribution in [0.2, 0.25) is 0 Å². The molecule has 0 N–H and O–H groups in total. The van der Waals surface area contributed by atoms with Crippen LogP contribution in [0.4, 0.5) is 10.1 Å². The summed E-state index contributed by atoms with van der Waals surface area (Å²) in [5.41, 5.74) is 1.99. The van der Waals surface area contributed by atoms with Crippen LogP contribution < -0.4 is 4.90 Å². The van der Waals surface area contributed by atoms with E-state index in [1.807, 2.05) is 11.0 Å². The first-order valence-corrected chi connectivity index (χ1v) is 8.80. The van der Waals surface area contributed by atoms with E-state index in [1.54, 1.807) is 17.0 Å². The summed E-state index contributed by atoms with van der Waals surface area (Å²) in [5, 5.41) is 4.10. The average molecular weight is 361 g/mol. The summed E-state index contributed by atoms with van der Waals surface area (Å²) < 4.78 is 19.9. The average Bonchev–Trinajstić information content (AvgIpc) is 3.10. The highest BCUT2D eigenvalue weighted by Gasteiger charge is 2.26. The Morgan fingerprint density at radius 1 is 1.46 bits per heavy atom. The SMILES string of the molecule is C=CCN(C[C@@H]1CC(c2ccc(N3CCOCC3)c(F)c2)=NO1)C(C)=O. The van der Waals surface area contributed by atoms with E-state index in [2.05, 4.69) is 11.7 Å². The molecule has 140 valence electrons. The fourth-order valence-electron chi connectivity index (χ4n) is 3.18. The van der Waals surface area contributed by atoms with Gasteiger partial charge in [-0.2, -0.15) is 0 Å². The van der Waals surface area contributed by atoms with E-state index in [1.165, 1.54) is 13.0 Å². The number of nitrogens with zero attached hydrogens (tertiary/aromatic N) is 3. The summed E-state index contributed by atoms with van der Waals surface area (Å²) in [7, 11) is 0. The van der Waals surface area contributed by atoms with Crippen LogP contribution in [0.25, 0.3) is 0 Å². The van der Waals surface area contributed by atoms with E-state index in [0.717, 1.165) is 0 Å². The first-order chi connectivity index (χ1) is 12.6. The van der Waals surface area contributed by atoms with Gasteiger partial charge in [-0.25, -0.2) is 4.39 Å². The number of ether oxygens (including phenoxy) is 1. The zero-order valence-electron chi connectivity index (χ0n) is 15.0. The number of anilines is 1. The van der Waals surface area contributed by atoms with Crippen molar-refractivity contribution in [3.63, 3.8) is 0 Å². The number of carbonyl (C=O) groups excluding carboxylic acids is 1. The van der Waals surface area contributed by atoms with Crippen molar-refractivity contribution >= 4 is 17.3 Å². The van der Waals surface area contributed by atoms with Crippen LogP contribution >= 0.6 is 0 Å². The Morgan fingerprint density at radius 3 is 2.88 bits per heavy atom. The highest BCUT2D eigenvalue weighted by atomic mass is 19.1. The molecular weight excluding hydrogens is 337 g/mol. The molecular formula is C19H24FN3O3. The van der Waals surface area contributed by atoms with E-state index >= 15 is 0 Å². The molecule has 1 amide bonds. The minimum Gasteiger partial charge on any atom is -0.390 e. The molecule has 6 nitrogen and oxygen atoms in total. The van der Waals surface area contributed by atoms with Crippen molar-refractivity contribution < 1.29 is 18.8 Å². The van der Waals surface area contributed by atoms with Gasteiger partial charge in [0, 0.05) is 38.5 Å². The Labute approximate surface area is 152 Å². The van der Waals surface area contributed by atoms with E-state index < -0.39 is 0 Å². The first kappa shape index (κ1) is 18.4. The summed E-state index contributed by atoms with van der Waals surface area (Å²) in [6, 6.07) is 5.15. The monoisotopic (exact) mass is 361 g/mol. The molecule has 0 saturated carbocycles. The van der Waals surface area contributed by atoms with Gasteiger partial charge in [0.15, 0.2) is 6.10 Å². The highest BCUT2D eigenvalue weighted by Crippen LogP contribution is 2.24. The maximum atomic E-state index is 14.6. The van der Waals surface area contributed by atoms with E-state index in [-0.39, 0.29) is 17.8 Å². The van der Waals surface area contributed by atoms with E-state index in [9.17, 15) is 9.18 Å². The summed E-state index contributed by atoms with van der Waals surface area (Å²) >= 11 is 0. The van der Waals surface area contributed by atoms with Gasteiger partial charge in [-0.05, 0) is 12.1 Å². The van der Waals surface area contributed by atoms with Crippen LogP contribution in [0.15, 0.2) is 36.0 Å². The molecule has 1 fully saturated rings. The molecule has 1 aromatic carbocycles. The lowest BCUT2D eigenvalue weighted by Crippen LogP contribution is -2.36. The number of morpholine rings is 1. The van der Waals surface area contributed by atoms with Gasteiger partial charge in [0.25, 0.3) is 0 Å². The topological polar surface area (TPSA) is 54.4 Å². The van der Waals surface area contributed by atoms with Crippen molar-refractivity contribution in [3.8, 4) is 0 Å². The Morgan fingerprint density at radius 2 is 2.23 bits per heavy atom. The molecule has 2 heterocycles. The van der Waals surface area contributed by atoms with Gasteiger partial charge in [0.2, 0.25) is 5.91 Å². The third-order valence-electron chi connectivity index (χ3n) is 4.58. The molecule has 1 aromatic rings. The number of carbonyl (C=O) groups is 1. The van der Waals surface area contributed by atoms with Crippen LogP contribution in [-0.2, 0) is 14.4 Å². The second-order valence-electron chi connectivity index (χ2n) is 6.45. The molecule has 2 aliphatic rings. The van der Waals surface area contributed by atoms with Crippen molar-refractivity contribution in [2.75, 3.05) is 44.3 Å². The number of halogens is 1.